The van der Waals surface area contributed by atoms with Crippen LogP contribution >= 0.6 is 11.3 Å². The Balaban J connectivity index is 1.49. The largest absolute Gasteiger partial charge is 0.497 e. The van der Waals surface area contributed by atoms with Crippen LogP contribution in [0, 0.1) is 6.92 Å². The quantitative estimate of drug-likeness (QED) is 0.671. The lowest BCUT2D eigenvalue weighted by molar-refractivity contribution is 0.102. The van der Waals surface area contributed by atoms with Crippen LogP contribution in [0.3, 0.4) is 0 Å². The lowest BCUT2D eigenvalue weighted by Gasteiger charge is -2.18. The van der Waals surface area contributed by atoms with E-state index in [1.807, 2.05) is 31.2 Å². The molecule has 28 heavy (non-hydrogen) atoms. The van der Waals surface area contributed by atoms with Crippen molar-refractivity contribution in [2.75, 3.05) is 31.0 Å². The second-order valence-corrected chi connectivity index (χ2v) is 7.10. The van der Waals surface area contributed by atoms with Gasteiger partial charge in [0.15, 0.2) is 16.6 Å². The third-order valence-electron chi connectivity index (χ3n) is 4.12. The minimum absolute atomic E-state index is 0.217. The van der Waals surface area contributed by atoms with Crippen molar-refractivity contribution in [2.24, 2.45) is 0 Å². The minimum atomic E-state index is -0.217. The van der Waals surface area contributed by atoms with Gasteiger partial charge in [-0.2, -0.15) is 0 Å². The summed E-state index contributed by atoms with van der Waals surface area (Å²) in [5.74, 6) is 1.84. The van der Waals surface area contributed by atoms with Gasteiger partial charge in [-0.1, -0.05) is 17.4 Å². The van der Waals surface area contributed by atoms with E-state index in [2.05, 4.69) is 15.6 Å². The molecule has 1 aromatic heterocycles. The van der Waals surface area contributed by atoms with Crippen LogP contribution in [-0.4, -0.2) is 31.2 Å². The molecule has 1 amide bonds. The van der Waals surface area contributed by atoms with Gasteiger partial charge in [-0.3, -0.25) is 4.79 Å². The molecule has 8 heteroatoms. The number of fused-ring (bicyclic) bond motifs is 1. The summed E-state index contributed by atoms with van der Waals surface area (Å²) in [6.07, 6.45) is 0. The van der Waals surface area contributed by atoms with E-state index in [1.165, 1.54) is 11.3 Å². The number of methoxy groups -OCH3 is 1. The number of aryl methyl sites for hydroxylation is 1. The number of anilines is 3. The second-order valence-electron chi connectivity index (χ2n) is 6.10. The lowest BCUT2D eigenvalue weighted by Crippen LogP contribution is -2.16. The lowest BCUT2D eigenvalue weighted by atomic mass is 10.2. The average Bonchev–Trinajstić information content (AvgIpc) is 3.08. The number of carbonyl (C=O) groups is 1. The molecule has 0 bridgehead atoms. The summed E-state index contributed by atoms with van der Waals surface area (Å²) in [6, 6.07) is 12.9. The third-order valence-corrected chi connectivity index (χ3v) is 5.20. The van der Waals surface area contributed by atoms with E-state index in [1.54, 1.807) is 25.3 Å². The second kappa shape index (κ2) is 7.77. The van der Waals surface area contributed by atoms with Gasteiger partial charge in [0.05, 0.1) is 12.8 Å². The summed E-state index contributed by atoms with van der Waals surface area (Å²) < 4.78 is 16.3. The van der Waals surface area contributed by atoms with Crippen molar-refractivity contribution >= 4 is 33.8 Å². The van der Waals surface area contributed by atoms with Crippen LogP contribution in [0.25, 0.3) is 0 Å². The first-order chi connectivity index (χ1) is 13.6. The van der Waals surface area contributed by atoms with Crippen LogP contribution in [0.1, 0.15) is 15.4 Å². The summed E-state index contributed by atoms with van der Waals surface area (Å²) in [5.41, 5.74) is 2.14. The Bertz CT molecular complexity index is 1020. The van der Waals surface area contributed by atoms with Crippen LogP contribution in [0.15, 0.2) is 42.5 Å². The molecule has 0 aliphatic carbocycles. The summed E-state index contributed by atoms with van der Waals surface area (Å²) in [5, 5.41) is 6.74. The van der Waals surface area contributed by atoms with Gasteiger partial charge in [0.1, 0.15) is 23.8 Å². The number of hydrogen-bond donors (Lipinski definition) is 2. The monoisotopic (exact) mass is 397 g/mol. The standard InChI is InChI=1S/C20H19N3O4S/c1-12-18(28-20(21-12)23-13-4-3-5-15(10-13)25-2)19(24)22-14-6-7-16-17(11-14)27-9-8-26-16/h3-7,10-11H,8-9H2,1-2H3,(H,21,23)(H,22,24). The Morgan fingerprint density at radius 3 is 2.75 bits per heavy atom. The highest BCUT2D eigenvalue weighted by Gasteiger charge is 2.18. The van der Waals surface area contributed by atoms with E-state index in [0.717, 1.165) is 11.4 Å². The zero-order valence-corrected chi connectivity index (χ0v) is 16.3. The minimum Gasteiger partial charge on any atom is -0.497 e. The summed E-state index contributed by atoms with van der Waals surface area (Å²) in [4.78, 5) is 17.7. The van der Waals surface area contributed by atoms with Gasteiger partial charge in [0.2, 0.25) is 0 Å². The fraction of sp³-hybridized carbons (Fsp3) is 0.200. The fourth-order valence-electron chi connectivity index (χ4n) is 2.79. The van der Waals surface area contributed by atoms with Crippen LogP contribution in [0.2, 0.25) is 0 Å². The molecule has 2 N–H and O–H groups in total. The van der Waals surface area contributed by atoms with E-state index >= 15 is 0 Å². The first-order valence-corrected chi connectivity index (χ1v) is 9.53. The van der Waals surface area contributed by atoms with E-state index in [0.29, 0.717) is 46.1 Å². The fourth-order valence-corrected chi connectivity index (χ4v) is 3.68. The van der Waals surface area contributed by atoms with Crippen molar-refractivity contribution in [1.29, 1.82) is 0 Å². The molecule has 0 saturated heterocycles. The molecule has 0 spiro atoms. The SMILES string of the molecule is COc1cccc(Nc2nc(C)c(C(=O)Nc3ccc4c(c3)OCCO4)s2)c1. The van der Waals surface area contributed by atoms with Crippen LogP contribution < -0.4 is 24.8 Å². The van der Waals surface area contributed by atoms with Crippen molar-refractivity contribution in [3.63, 3.8) is 0 Å². The number of carbonyl (C=O) groups excluding carboxylic acids is 1. The molecular weight excluding hydrogens is 378 g/mol. The maximum absolute atomic E-state index is 12.7. The third kappa shape index (κ3) is 3.86. The number of ether oxygens (including phenoxy) is 3. The molecule has 1 aliphatic rings. The molecule has 0 saturated carbocycles. The van der Waals surface area contributed by atoms with E-state index in [9.17, 15) is 4.79 Å². The first-order valence-electron chi connectivity index (χ1n) is 8.72. The van der Waals surface area contributed by atoms with E-state index < -0.39 is 0 Å². The first kappa shape index (κ1) is 18.1. The highest BCUT2D eigenvalue weighted by atomic mass is 32.1. The molecule has 4 rings (SSSR count). The summed E-state index contributed by atoms with van der Waals surface area (Å²) >= 11 is 1.29. The Labute approximate surface area is 166 Å². The van der Waals surface area contributed by atoms with Gasteiger partial charge in [0, 0.05) is 23.5 Å². The van der Waals surface area contributed by atoms with Gasteiger partial charge in [-0.15, -0.1) is 0 Å². The van der Waals surface area contributed by atoms with Crippen molar-refractivity contribution < 1.29 is 19.0 Å². The Morgan fingerprint density at radius 2 is 1.93 bits per heavy atom. The zero-order valence-electron chi connectivity index (χ0n) is 15.4. The molecule has 0 fully saturated rings. The average molecular weight is 397 g/mol. The Kier molecular flexibility index (Phi) is 5.03. The normalized spacial score (nSPS) is 12.4. The molecular formula is C20H19N3O4S. The predicted molar refractivity (Wildman–Crippen MR) is 109 cm³/mol. The number of rotatable bonds is 5. The maximum Gasteiger partial charge on any atom is 0.267 e. The number of hydrogen-bond acceptors (Lipinski definition) is 7. The summed E-state index contributed by atoms with van der Waals surface area (Å²) in [6.45, 7) is 2.84. The van der Waals surface area contributed by atoms with E-state index in [-0.39, 0.29) is 5.91 Å². The summed E-state index contributed by atoms with van der Waals surface area (Å²) in [7, 11) is 1.62. The van der Waals surface area contributed by atoms with Gasteiger partial charge < -0.3 is 24.8 Å². The molecule has 7 nitrogen and oxygen atoms in total. The maximum atomic E-state index is 12.7. The molecule has 2 aromatic carbocycles. The number of nitrogens with zero attached hydrogens (tertiary/aromatic N) is 1. The number of benzene rings is 2. The van der Waals surface area contributed by atoms with Crippen molar-refractivity contribution in [3.8, 4) is 17.2 Å². The molecule has 0 atom stereocenters. The van der Waals surface area contributed by atoms with Crippen molar-refractivity contribution in [2.45, 2.75) is 6.92 Å². The topological polar surface area (TPSA) is 81.7 Å². The number of aromatic nitrogens is 1. The van der Waals surface area contributed by atoms with Crippen LogP contribution in [0.4, 0.5) is 16.5 Å². The van der Waals surface area contributed by atoms with E-state index in [4.69, 9.17) is 14.2 Å². The highest BCUT2D eigenvalue weighted by Crippen LogP contribution is 2.33. The highest BCUT2D eigenvalue weighted by molar-refractivity contribution is 7.17. The van der Waals surface area contributed by atoms with Crippen molar-refractivity contribution in [1.82, 2.24) is 4.98 Å². The molecule has 0 unspecified atom stereocenters. The number of thiazole rings is 1. The van der Waals surface area contributed by atoms with Gasteiger partial charge in [-0.25, -0.2) is 4.98 Å². The predicted octanol–water partition coefficient (Wildman–Crippen LogP) is 4.23. The smallest absolute Gasteiger partial charge is 0.267 e. The molecule has 3 aromatic rings. The molecule has 0 radical (unpaired) electrons. The van der Waals surface area contributed by atoms with Gasteiger partial charge >= 0.3 is 0 Å². The van der Waals surface area contributed by atoms with Gasteiger partial charge in [-0.05, 0) is 31.2 Å². The van der Waals surface area contributed by atoms with Gasteiger partial charge in [0.25, 0.3) is 5.91 Å². The van der Waals surface area contributed by atoms with Crippen LogP contribution in [0.5, 0.6) is 17.2 Å². The number of nitrogens with one attached hydrogen (secondary N) is 2. The zero-order chi connectivity index (χ0) is 19.5. The Morgan fingerprint density at radius 1 is 1.11 bits per heavy atom. The molecule has 1 aliphatic heterocycles. The molecule has 2 heterocycles. The van der Waals surface area contributed by atoms with Crippen LogP contribution in [-0.2, 0) is 0 Å². The van der Waals surface area contributed by atoms with Crippen molar-refractivity contribution in [3.05, 3.63) is 53.0 Å². The number of amides is 1. The molecule has 144 valence electrons. The Hall–Kier alpha value is -3.26.